The van der Waals surface area contributed by atoms with Crippen LogP contribution in [0.5, 0.6) is 0 Å². The Hall–Kier alpha value is -0.0400. The third-order valence-corrected chi connectivity index (χ3v) is 1.73. The van der Waals surface area contributed by atoms with Crippen molar-refractivity contribution in [1.29, 1.82) is 0 Å². The molecule has 0 bridgehead atoms. The third kappa shape index (κ3) is 24.5. The van der Waals surface area contributed by atoms with Crippen LogP contribution >= 0.6 is 0 Å². The number of rotatable bonds is 2. The van der Waals surface area contributed by atoms with Gasteiger partial charge in [-0.25, -0.2) is 0 Å². The lowest BCUT2D eigenvalue weighted by Crippen LogP contribution is -2.29. The van der Waals surface area contributed by atoms with E-state index in [9.17, 15) is 0 Å². The molecule has 13 heavy (non-hydrogen) atoms. The van der Waals surface area contributed by atoms with Gasteiger partial charge in [0.15, 0.2) is 0 Å². The molecule has 0 aliphatic carbocycles. The summed E-state index contributed by atoms with van der Waals surface area (Å²) in [6.45, 7) is 17.5. The summed E-state index contributed by atoms with van der Waals surface area (Å²) in [4.78, 5) is 0. The SMILES string of the molecule is CC(C)NC(C)C.CCC(C)(C)C. The lowest BCUT2D eigenvalue weighted by atomic mass is 9.94. The molecule has 0 saturated heterocycles. The van der Waals surface area contributed by atoms with E-state index in [0.717, 1.165) is 0 Å². The van der Waals surface area contributed by atoms with E-state index in [4.69, 9.17) is 0 Å². The highest BCUT2D eigenvalue weighted by atomic mass is 14.9. The molecule has 0 radical (unpaired) electrons. The van der Waals surface area contributed by atoms with Crippen LogP contribution in [0.4, 0.5) is 0 Å². The fourth-order valence-electron chi connectivity index (χ4n) is 0.667. The first-order chi connectivity index (χ1) is 5.69. The molecule has 0 aromatic heterocycles. The summed E-state index contributed by atoms with van der Waals surface area (Å²) in [5.41, 5.74) is 0.542. The molecule has 0 saturated carbocycles. The number of hydrogen-bond donors (Lipinski definition) is 1. The molecule has 0 aliphatic heterocycles. The minimum absolute atomic E-state index is 0.542. The summed E-state index contributed by atoms with van der Waals surface area (Å²) in [5.74, 6) is 0. The molecule has 1 N–H and O–H groups in total. The molecule has 0 aromatic rings. The van der Waals surface area contributed by atoms with E-state index in [-0.39, 0.29) is 0 Å². The van der Waals surface area contributed by atoms with Gasteiger partial charge >= 0.3 is 0 Å². The first kappa shape index (κ1) is 15.4. The summed E-state index contributed by atoms with van der Waals surface area (Å²) in [5, 5.41) is 3.31. The summed E-state index contributed by atoms with van der Waals surface area (Å²) in [7, 11) is 0. The van der Waals surface area contributed by atoms with E-state index < -0.39 is 0 Å². The molecule has 0 aromatic carbocycles. The number of nitrogens with one attached hydrogen (secondary N) is 1. The quantitative estimate of drug-likeness (QED) is 0.692. The Morgan fingerprint density at radius 1 is 0.923 bits per heavy atom. The fourth-order valence-corrected chi connectivity index (χ4v) is 0.667. The van der Waals surface area contributed by atoms with Crippen LogP contribution in [0.15, 0.2) is 0 Å². The lowest BCUT2D eigenvalue weighted by Gasteiger charge is -2.12. The Morgan fingerprint density at radius 2 is 1.15 bits per heavy atom. The molecule has 0 fully saturated rings. The molecule has 0 aliphatic rings. The van der Waals surface area contributed by atoms with Gasteiger partial charge in [-0.3, -0.25) is 0 Å². The van der Waals surface area contributed by atoms with Crippen molar-refractivity contribution in [3.05, 3.63) is 0 Å². The second kappa shape index (κ2) is 7.37. The zero-order valence-electron chi connectivity index (χ0n) is 10.9. The average Bonchev–Trinajstić information content (AvgIpc) is 1.84. The molecule has 1 nitrogen and oxygen atoms in total. The van der Waals surface area contributed by atoms with Gasteiger partial charge in [0.1, 0.15) is 0 Å². The normalized spacial score (nSPS) is 11.5. The highest BCUT2D eigenvalue weighted by molar-refractivity contribution is 4.56. The summed E-state index contributed by atoms with van der Waals surface area (Å²) in [6, 6.07) is 1.25. The zero-order chi connectivity index (χ0) is 11.1. The molecule has 0 heterocycles. The van der Waals surface area contributed by atoms with Crippen LogP contribution in [0.3, 0.4) is 0 Å². The van der Waals surface area contributed by atoms with Crippen LogP contribution in [0, 0.1) is 5.41 Å². The van der Waals surface area contributed by atoms with Gasteiger partial charge < -0.3 is 5.32 Å². The predicted molar refractivity (Wildman–Crippen MR) is 63.2 cm³/mol. The fraction of sp³-hybridized carbons (Fsp3) is 1.00. The Bertz CT molecular complexity index is 92.2. The monoisotopic (exact) mass is 187 g/mol. The molecular formula is C12H29N. The van der Waals surface area contributed by atoms with Crippen molar-refractivity contribution in [1.82, 2.24) is 5.32 Å². The van der Waals surface area contributed by atoms with Crippen molar-refractivity contribution in [3.63, 3.8) is 0 Å². The van der Waals surface area contributed by atoms with Crippen molar-refractivity contribution in [2.24, 2.45) is 5.41 Å². The summed E-state index contributed by atoms with van der Waals surface area (Å²) >= 11 is 0. The van der Waals surface area contributed by atoms with Crippen molar-refractivity contribution >= 4 is 0 Å². The molecule has 82 valence electrons. The van der Waals surface area contributed by atoms with Gasteiger partial charge in [0.2, 0.25) is 0 Å². The molecule has 0 unspecified atom stereocenters. The maximum Gasteiger partial charge on any atom is 0.00127 e. The smallest absolute Gasteiger partial charge is 0.00127 e. The largest absolute Gasteiger partial charge is 0.312 e. The Balaban J connectivity index is 0. The van der Waals surface area contributed by atoms with Crippen LogP contribution in [-0.2, 0) is 0 Å². The average molecular weight is 187 g/mol. The van der Waals surface area contributed by atoms with Gasteiger partial charge in [-0.1, -0.05) is 61.8 Å². The van der Waals surface area contributed by atoms with Gasteiger partial charge in [0.25, 0.3) is 0 Å². The minimum atomic E-state index is 0.542. The van der Waals surface area contributed by atoms with Crippen LogP contribution in [0.2, 0.25) is 0 Å². The molecular weight excluding hydrogens is 158 g/mol. The second-order valence-corrected chi connectivity index (χ2v) is 5.39. The van der Waals surface area contributed by atoms with Crippen LogP contribution in [-0.4, -0.2) is 12.1 Å². The van der Waals surface area contributed by atoms with E-state index in [1.807, 2.05) is 0 Å². The van der Waals surface area contributed by atoms with E-state index in [0.29, 0.717) is 17.5 Å². The first-order valence-electron chi connectivity index (χ1n) is 5.45. The van der Waals surface area contributed by atoms with E-state index in [1.54, 1.807) is 0 Å². The maximum atomic E-state index is 3.31. The van der Waals surface area contributed by atoms with Gasteiger partial charge in [0.05, 0.1) is 0 Å². The van der Waals surface area contributed by atoms with E-state index in [1.165, 1.54) is 6.42 Å². The van der Waals surface area contributed by atoms with Gasteiger partial charge in [-0.15, -0.1) is 0 Å². The van der Waals surface area contributed by atoms with Gasteiger partial charge in [0, 0.05) is 12.1 Å². The standard InChI is InChI=1S/C6H15N.C6H14/c1-5(2)7-6(3)4;1-5-6(2,3)4/h5-7H,1-4H3;5H2,1-4H3. The van der Waals surface area contributed by atoms with E-state index >= 15 is 0 Å². The molecule has 0 amide bonds. The maximum absolute atomic E-state index is 3.31. The minimum Gasteiger partial charge on any atom is -0.312 e. The Labute approximate surface area is 85.3 Å². The van der Waals surface area contributed by atoms with Crippen LogP contribution in [0.1, 0.15) is 61.8 Å². The molecule has 0 spiro atoms. The second-order valence-electron chi connectivity index (χ2n) is 5.39. The summed E-state index contributed by atoms with van der Waals surface area (Å²) < 4.78 is 0. The Kier molecular flexibility index (Phi) is 8.75. The topological polar surface area (TPSA) is 12.0 Å². The van der Waals surface area contributed by atoms with Crippen LogP contribution < -0.4 is 5.32 Å². The highest BCUT2D eigenvalue weighted by Crippen LogP contribution is 2.16. The Morgan fingerprint density at radius 3 is 1.15 bits per heavy atom. The zero-order valence-corrected chi connectivity index (χ0v) is 10.9. The highest BCUT2D eigenvalue weighted by Gasteiger charge is 2.03. The lowest BCUT2D eigenvalue weighted by molar-refractivity contribution is 0.398. The van der Waals surface area contributed by atoms with Crippen molar-refractivity contribution < 1.29 is 0 Å². The van der Waals surface area contributed by atoms with Crippen molar-refractivity contribution in [2.75, 3.05) is 0 Å². The third-order valence-electron chi connectivity index (χ3n) is 1.73. The van der Waals surface area contributed by atoms with Crippen molar-refractivity contribution in [2.45, 2.75) is 73.9 Å². The predicted octanol–water partition coefficient (Wildman–Crippen LogP) is 3.84. The molecule has 0 rings (SSSR count). The first-order valence-corrected chi connectivity index (χ1v) is 5.45. The van der Waals surface area contributed by atoms with Crippen LogP contribution in [0.25, 0.3) is 0 Å². The number of hydrogen-bond acceptors (Lipinski definition) is 1. The van der Waals surface area contributed by atoms with Gasteiger partial charge in [-0.05, 0) is 5.41 Å². The molecule has 1 heteroatoms. The van der Waals surface area contributed by atoms with Gasteiger partial charge in [-0.2, -0.15) is 0 Å². The molecule has 0 atom stereocenters. The van der Waals surface area contributed by atoms with Crippen molar-refractivity contribution in [3.8, 4) is 0 Å². The van der Waals surface area contributed by atoms with E-state index in [2.05, 4.69) is 60.7 Å². The summed E-state index contributed by atoms with van der Waals surface area (Å²) in [6.07, 6.45) is 1.27.